The van der Waals surface area contributed by atoms with Gasteiger partial charge in [-0.1, -0.05) is 35.9 Å². The van der Waals surface area contributed by atoms with E-state index in [1.165, 1.54) is 6.26 Å². The summed E-state index contributed by atoms with van der Waals surface area (Å²) in [7, 11) is 0. The molecular weight excluding hydrogens is 430 g/mol. The highest BCUT2D eigenvalue weighted by Crippen LogP contribution is 2.29. The predicted molar refractivity (Wildman–Crippen MR) is 124 cm³/mol. The first-order valence-corrected chi connectivity index (χ1v) is 10.3. The Hall–Kier alpha value is -3.77. The summed E-state index contributed by atoms with van der Waals surface area (Å²) in [5.74, 6) is 0.489. The molecule has 0 aliphatic rings. The van der Waals surface area contributed by atoms with E-state index in [0.717, 1.165) is 16.8 Å². The van der Waals surface area contributed by atoms with Crippen LogP contribution in [-0.4, -0.2) is 12.5 Å². The number of nitrogens with one attached hydrogen (secondary N) is 1. The summed E-state index contributed by atoms with van der Waals surface area (Å²) in [4.78, 5) is 25.0. The van der Waals surface area contributed by atoms with E-state index in [-0.39, 0.29) is 23.7 Å². The van der Waals surface area contributed by atoms with Crippen LogP contribution < -0.4 is 20.2 Å². The van der Waals surface area contributed by atoms with Crippen molar-refractivity contribution >= 4 is 34.2 Å². The molecule has 0 spiro atoms. The summed E-state index contributed by atoms with van der Waals surface area (Å²) in [5.41, 5.74) is 2.81. The molecule has 32 heavy (non-hydrogen) atoms. The zero-order chi connectivity index (χ0) is 22.7. The maximum absolute atomic E-state index is 12.8. The highest BCUT2D eigenvalue weighted by Gasteiger charge is 2.13. The third-order valence-corrected chi connectivity index (χ3v) is 5.33. The van der Waals surface area contributed by atoms with E-state index < -0.39 is 0 Å². The fraction of sp³-hybridized carbons (Fsp3) is 0.120. The van der Waals surface area contributed by atoms with Gasteiger partial charge in [0.25, 0.3) is 5.91 Å². The lowest BCUT2D eigenvalue weighted by molar-refractivity contribution is -0.118. The molecule has 4 aromatic rings. The van der Waals surface area contributed by atoms with Crippen LogP contribution in [0, 0.1) is 13.8 Å². The predicted octanol–water partition coefficient (Wildman–Crippen LogP) is 5.87. The maximum atomic E-state index is 12.8. The van der Waals surface area contributed by atoms with Gasteiger partial charge < -0.3 is 19.2 Å². The number of benzene rings is 3. The topological polar surface area (TPSA) is 77.8 Å². The molecule has 1 N–H and O–H groups in total. The van der Waals surface area contributed by atoms with Crippen LogP contribution in [0.5, 0.6) is 17.2 Å². The fourth-order valence-corrected chi connectivity index (χ4v) is 3.29. The summed E-state index contributed by atoms with van der Waals surface area (Å²) < 4.78 is 16.7. The Labute approximate surface area is 189 Å². The van der Waals surface area contributed by atoms with Gasteiger partial charge >= 0.3 is 0 Å². The second kappa shape index (κ2) is 9.16. The van der Waals surface area contributed by atoms with Gasteiger partial charge in [0, 0.05) is 11.8 Å². The van der Waals surface area contributed by atoms with E-state index in [1.807, 2.05) is 32.0 Å². The molecule has 0 bridgehead atoms. The summed E-state index contributed by atoms with van der Waals surface area (Å²) in [6.45, 7) is 3.74. The van der Waals surface area contributed by atoms with E-state index >= 15 is 0 Å². The lowest BCUT2D eigenvalue weighted by Crippen LogP contribution is -2.20. The molecule has 0 atom stereocenters. The van der Waals surface area contributed by atoms with Gasteiger partial charge in [-0.3, -0.25) is 9.59 Å². The van der Waals surface area contributed by atoms with Gasteiger partial charge in [0.15, 0.2) is 6.61 Å². The number of aryl methyl sites for hydroxylation is 1. The van der Waals surface area contributed by atoms with Crippen molar-refractivity contribution in [2.75, 3.05) is 11.9 Å². The third kappa shape index (κ3) is 4.60. The standard InChI is InChI=1S/C25H20ClNO5/c1-15-6-5-8-20(16(15)2)27-24(28)14-30-17-10-11-18-22(12-17)31-13-23(25(18)29)32-21-9-4-3-7-19(21)26/h3-13H,14H2,1-2H3,(H,27,28). The van der Waals surface area contributed by atoms with Crippen LogP contribution in [0.15, 0.2) is 76.1 Å². The highest BCUT2D eigenvalue weighted by atomic mass is 35.5. The van der Waals surface area contributed by atoms with Crippen LogP contribution in [0.2, 0.25) is 5.02 Å². The fourth-order valence-electron chi connectivity index (χ4n) is 3.12. The molecule has 1 heterocycles. The quantitative estimate of drug-likeness (QED) is 0.398. The molecule has 6 nitrogen and oxygen atoms in total. The number of ether oxygens (including phenoxy) is 2. The highest BCUT2D eigenvalue weighted by molar-refractivity contribution is 6.32. The number of anilines is 1. The van der Waals surface area contributed by atoms with Crippen LogP contribution in [0.1, 0.15) is 11.1 Å². The maximum Gasteiger partial charge on any atom is 0.262 e. The van der Waals surface area contributed by atoms with Crippen LogP contribution in [0.3, 0.4) is 0 Å². The molecule has 0 radical (unpaired) electrons. The number of hydrogen-bond acceptors (Lipinski definition) is 5. The minimum atomic E-state index is -0.342. The van der Waals surface area contributed by atoms with Crippen molar-refractivity contribution < 1.29 is 18.7 Å². The number of carbonyl (C=O) groups is 1. The number of halogens is 1. The molecule has 0 fully saturated rings. The number of carbonyl (C=O) groups excluding carboxylic acids is 1. The van der Waals surface area contributed by atoms with Crippen LogP contribution in [0.4, 0.5) is 5.69 Å². The van der Waals surface area contributed by atoms with E-state index in [9.17, 15) is 9.59 Å². The Kier molecular flexibility index (Phi) is 6.14. The number of hydrogen-bond donors (Lipinski definition) is 1. The molecular formula is C25H20ClNO5. The Morgan fingerprint density at radius 3 is 2.66 bits per heavy atom. The molecule has 0 unspecified atom stereocenters. The van der Waals surface area contributed by atoms with Gasteiger partial charge in [-0.15, -0.1) is 0 Å². The van der Waals surface area contributed by atoms with Crippen molar-refractivity contribution in [3.8, 4) is 17.2 Å². The van der Waals surface area contributed by atoms with E-state index in [0.29, 0.717) is 27.5 Å². The SMILES string of the molecule is Cc1cccc(NC(=O)COc2ccc3c(=O)c(Oc4ccccc4Cl)coc3c2)c1C. The summed E-state index contributed by atoms with van der Waals surface area (Å²) >= 11 is 6.09. The average Bonchev–Trinajstić information content (AvgIpc) is 2.79. The average molecular weight is 450 g/mol. The first kappa shape index (κ1) is 21.5. The van der Waals surface area contributed by atoms with Gasteiger partial charge in [0.1, 0.15) is 23.3 Å². The molecule has 0 aliphatic heterocycles. The molecule has 1 aromatic heterocycles. The van der Waals surface area contributed by atoms with E-state index in [4.69, 9.17) is 25.5 Å². The smallest absolute Gasteiger partial charge is 0.262 e. The van der Waals surface area contributed by atoms with Crippen molar-refractivity contribution in [3.63, 3.8) is 0 Å². The minimum absolute atomic E-state index is 0.0205. The lowest BCUT2D eigenvalue weighted by atomic mass is 10.1. The second-order valence-corrected chi connectivity index (χ2v) is 7.61. The Morgan fingerprint density at radius 2 is 1.84 bits per heavy atom. The van der Waals surface area contributed by atoms with Crippen molar-refractivity contribution in [2.45, 2.75) is 13.8 Å². The minimum Gasteiger partial charge on any atom is -0.484 e. The molecule has 0 aliphatic carbocycles. The van der Waals surface area contributed by atoms with E-state index in [2.05, 4.69) is 5.32 Å². The third-order valence-electron chi connectivity index (χ3n) is 5.02. The van der Waals surface area contributed by atoms with Gasteiger partial charge in [0.05, 0.1) is 10.4 Å². The van der Waals surface area contributed by atoms with Crippen LogP contribution in [-0.2, 0) is 4.79 Å². The molecule has 162 valence electrons. The first-order valence-electron chi connectivity index (χ1n) is 9.89. The Morgan fingerprint density at radius 1 is 1.03 bits per heavy atom. The zero-order valence-corrected chi connectivity index (χ0v) is 18.2. The van der Waals surface area contributed by atoms with Gasteiger partial charge in [-0.25, -0.2) is 0 Å². The summed E-state index contributed by atoms with van der Waals surface area (Å²) in [6, 6.07) is 17.3. The first-order chi connectivity index (χ1) is 15.4. The Bertz CT molecular complexity index is 1360. The lowest BCUT2D eigenvalue weighted by Gasteiger charge is -2.11. The van der Waals surface area contributed by atoms with Gasteiger partial charge in [-0.05, 0) is 55.3 Å². The number of para-hydroxylation sites is 1. The van der Waals surface area contributed by atoms with Gasteiger partial charge in [-0.2, -0.15) is 0 Å². The molecule has 0 saturated carbocycles. The molecule has 3 aromatic carbocycles. The number of rotatable bonds is 6. The van der Waals surface area contributed by atoms with Crippen LogP contribution in [0.25, 0.3) is 11.0 Å². The van der Waals surface area contributed by atoms with Crippen LogP contribution >= 0.6 is 11.6 Å². The summed E-state index contributed by atoms with van der Waals surface area (Å²) in [5, 5.41) is 3.54. The van der Waals surface area contributed by atoms with Crippen molar-refractivity contribution in [2.24, 2.45) is 0 Å². The Balaban J connectivity index is 1.47. The number of amides is 1. The molecule has 7 heteroatoms. The van der Waals surface area contributed by atoms with Crippen molar-refractivity contribution in [3.05, 3.63) is 93.3 Å². The monoisotopic (exact) mass is 449 g/mol. The van der Waals surface area contributed by atoms with Gasteiger partial charge in [0.2, 0.25) is 11.2 Å². The second-order valence-electron chi connectivity index (χ2n) is 7.20. The number of fused-ring (bicyclic) bond motifs is 1. The van der Waals surface area contributed by atoms with E-state index in [1.54, 1.807) is 42.5 Å². The van der Waals surface area contributed by atoms with Crippen molar-refractivity contribution in [1.29, 1.82) is 0 Å². The van der Waals surface area contributed by atoms with Crippen molar-refractivity contribution in [1.82, 2.24) is 0 Å². The zero-order valence-electron chi connectivity index (χ0n) is 17.5. The normalized spacial score (nSPS) is 10.7. The summed E-state index contributed by atoms with van der Waals surface area (Å²) in [6.07, 6.45) is 1.23. The molecule has 0 saturated heterocycles. The largest absolute Gasteiger partial charge is 0.484 e. The molecule has 1 amide bonds. The molecule has 4 rings (SSSR count).